The van der Waals surface area contributed by atoms with Gasteiger partial charge >= 0.3 is 5.97 Å². The molecule has 0 bridgehead atoms. The Labute approximate surface area is 104 Å². The Balaban J connectivity index is 2.46. The highest BCUT2D eigenvalue weighted by molar-refractivity contribution is 5.94. The van der Waals surface area contributed by atoms with Crippen molar-refractivity contribution in [1.29, 1.82) is 0 Å². The van der Waals surface area contributed by atoms with Crippen molar-refractivity contribution in [3.63, 3.8) is 0 Å². The number of benzene rings is 1. The van der Waals surface area contributed by atoms with Gasteiger partial charge in [0.15, 0.2) is 0 Å². The normalized spacial score (nSPS) is 9.44. The lowest BCUT2D eigenvalue weighted by molar-refractivity contribution is -0.143. The van der Waals surface area contributed by atoms with Gasteiger partial charge in [-0.3, -0.25) is 9.59 Å². The van der Waals surface area contributed by atoms with E-state index in [0.717, 1.165) is 0 Å². The summed E-state index contributed by atoms with van der Waals surface area (Å²) in [7, 11) is 0. The molecule has 0 saturated heterocycles. The Kier molecular flexibility index (Phi) is 4.86. The third kappa shape index (κ3) is 5.11. The van der Waals surface area contributed by atoms with E-state index in [0.29, 0.717) is 11.4 Å². The topological polar surface area (TPSA) is 84.5 Å². The minimum Gasteiger partial charge on any atom is -0.343 e. The first kappa shape index (κ1) is 13.7. The van der Waals surface area contributed by atoms with Crippen molar-refractivity contribution < 1.29 is 19.2 Å². The lowest BCUT2D eigenvalue weighted by Gasteiger charge is -2.07. The fourth-order valence-electron chi connectivity index (χ4n) is 1.18. The highest BCUT2D eigenvalue weighted by Gasteiger charge is 2.06. The van der Waals surface area contributed by atoms with Crippen molar-refractivity contribution >= 4 is 29.0 Å². The molecule has 0 aliphatic rings. The smallest absolute Gasteiger partial charge is 0.339 e. The molecular formula is C12H14N2O4. The number of nitrogens with one attached hydrogen (secondary N) is 2. The van der Waals surface area contributed by atoms with E-state index in [9.17, 15) is 14.4 Å². The molecule has 1 aromatic rings. The molecule has 2 N–H and O–H groups in total. The summed E-state index contributed by atoms with van der Waals surface area (Å²) in [5, 5.41) is 2.60. The zero-order valence-corrected chi connectivity index (χ0v) is 10.1. The molecule has 96 valence electrons. The Morgan fingerprint density at radius 2 is 1.61 bits per heavy atom. The first-order chi connectivity index (χ1) is 8.47. The van der Waals surface area contributed by atoms with Gasteiger partial charge in [-0.2, -0.15) is 0 Å². The monoisotopic (exact) mass is 250 g/mol. The molecule has 0 unspecified atom stereocenters. The SMILES string of the molecule is CC(=O)CC(=O)ONc1ccc(NC(C)=O)cc1. The number of carbonyl (C=O) groups excluding carboxylic acids is 3. The van der Waals surface area contributed by atoms with E-state index in [1.54, 1.807) is 24.3 Å². The van der Waals surface area contributed by atoms with Gasteiger partial charge in [0.1, 0.15) is 12.2 Å². The summed E-state index contributed by atoms with van der Waals surface area (Å²) < 4.78 is 0. The zero-order chi connectivity index (χ0) is 13.5. The third-order valence-electron chi connectivity index (χ3n) is 1.88. The lowest BCUT2D eigenvalue weighted by atomic mass is 10.3. The van der Waals surface area contributed by atoms with Crippen LogP contribution in [-0.2, 0) is 19.2 Å². The van der Waals surface area contributed by atoms with Crippen LogP contribution in [-0.4, -0.2) is 17.7 Å². The van der Waals surface area contributed by atoms with Crippen LogP contribution in [0.25, 0.3) is 0 Å². The molecule has 0 fully saturated rings. The number of Topliss-reactive ketones (excluding diaryl/α,β-unsaturated/α-hetero) is 1. The number of hydrogen-bond acceptors (Lipinski definition) is 5. The Bertz CT molecular complexity index is 454. The van der Waals surface area contributed by atoms with Crippen LogP contribution in [0.4, 0.5) is 11.4 Å². The molecule has 0 atom stereocenters. The van der Waals surface area contributed by atoms with Gasteiger partial charge < -0.3 is 10.2 Å². The summed E-state index contributed by atoms with van der Waals surface area (Å²) in [6, 6.07) is 6.57. The number of hydrogen-bond donors (Lipinski definition) is 2. The molecule has 0 saturated carbocycles. The molecule has 0 aliphatic carbocycles. The van der Waals surface area contributed by atoms with Crippen molar-refractivity contribution in [2.75, 3.05) is 10.8 Å². The van der Waals surface area contributed by atoms with Gasteiger partial charge in [-0.05, 0) is 31.2 Å². The Morgan fingerprint density at radius 1 is 1.06 bits per heavy atom. The highest BCUT2D eigenvalue weighted by Crippen LogP contribution is 2.13. The average molecular weight is 250 g/mol. The summed E-state index contributed by atoms with van der Waals surface area (Å²) >= 11 is 0. The molecule has 0 radical (unpaired) electrons. The molecule has 18 heavy (non-hydrogen) atoms. The molecule has 0 heterocycles. The van der Waals surface area contributed by atoms with Gasteiger partial charge in [-0.25, -0.2) is 10.3 Å². The molecule has 0 spiro atoms. The molecule has 1 rings (SSSR count). The maximum absolute atomic E-state index is 11.1. The molecule has 1 amide bonds. The molecular weight excluding hydrogens is 236 g/mol. The van der Waals surface area contributed by atoms with Crippen molar-refractivity contribution in [3.05, 3.63) is 24.3 Å². The first-order valence-electron chi connectivity index (χ1n) is 5.30. The minimum atomic E-state index is -0.645. The van der Waals surface area contributed by atoms with Crippen LogP contribution in [0.3, 0.4) is 0 Å². The minimum absolute atomic E-state index is 0.163. The molecule has 1 aromatic carbocycles. The summed E-state index contributed by atoms with van der Waals surface area (Å²) in [4.78, 5) is 37.2. The second kappa shape index (κ2) is 6.39. The maximum atomic E-state index is 11.1. The number of rotatable bonds is 5. The molecule has 0 aromatic heterocycles. The Morgan fingerprint density at radius 3 is 2.11 bits per heavy atom. The number of amides is 1. The van der Waals surface area contributed by atoms with E-state index in [2.05, 4.69) is 15.6 Å². The molecule has 6 nitrogen and oxygen atoms in total. The van der Waals surface area contributed by atoms with Crippen LogP contribution >= 0.6 is 0 Å². The zero-order valence-electron chi connectivity index (χ0n) is 10.1. The molecule has 0 aliphatic heterocycles. The van der Waals surface area contributed by atoms with Crippen LogP contribution in [0.2, 0.25) is 0 Å². The van der Waals surface area contributed by atoms with E-state index in [4.69, 9.17) is 0 Å². The lowest BCUT2D eigenvalue weighted by Crippen LogP contribution is -2.13. The van der Waals surface area contributed by atoms with Crippen molar-refractivity contribution in [1.82, 2.24) is 0 Å². The van der Waals surface area contributed by atoms with Crippen LogP contribution in [0.5, 0.6) is 0 Å². The van der Waals surface area contributed by atoms with Crippen LogP contribution in [0.1, 0.15) is 20.3 Å². The van der Waals surface area contributed by atoms with Crippen molar-refractivity contribution in [3.8, 4) is 0 Å². The van der Waals surface area contributed by atoms with Crippen LogP contribution in [0, 0.1) is 0 Å². The van der Waals surface area contributed by atoms with Gasteiger partial charge in [0, 0.05) is 12.6 Å². The predicted octanol–water partition coefficient (Wildman–Crippen LogP) is 1.49. The van der Waals surface area contributed by atoms with E-state index in [-0.39, 0.29) is 18.1 Å². The Hall–Kier alpha value is -2.37. The van der Waals surface area contributed by atoms with Crippen molar-refractivity contribution in [2.45, 2.75) is 20.3 Å². The highest BCUT2D eigenvalue weighted by atomic mass is 16.7. The van der Waals surface area contributed by atoms with Gasteiger partial charge in [-0.15, -0.1) is 0 Å². The standard InChI is InChI=1S/C12H14N2O4/c1-8(15)7-12(17)18-14-11-5-3-10(4-6-11)13-9(2)16/h3-6,14H,7H2,1-2H3,(H,13,16). The van der Waals surface area contributed by atoms with Gasteiger partial charge in [-0.1, -0.05) is 0 Å². The van der Waals surface area contributed by atoms with E-state index in [1.807, 2.05) is 0 Å². The van der Waals surface area contributed by atoms with Crippen molar-refractivity contribution in [2.24, 2.45) is 0 Å². The van der Waals surface area contributed by atoms with Crippen LogP contribution in [0.15, 0.2) is 24.3 Å². The fourth-order valence-corrected chi connectivity index (χ4v) is 1.18. The largest absolute Gasteiger partial charge is 0.343 e. The quantitative estimate of drug-likeness (QED) is 0.611. The predicted molar refractivity (Wildman–Crippen MR) is 65.8 cm³/mol. The summed E-state index contributed by atoms with van der Waals surface area (Å²) in [6.45, 7) is 2.72. The van der Waals surface area contributed by atoms with Gasteiger partial charge in [0.2, 0.25) is 5.91 Å². The van der Waals surface area contributed by atoms with E-state index < -0.39 is 5.97 Å². The van der Waals surface area contributed by atoms with Gasteiger partial charge in [0.25, 0.3) is 0 Å². The second-order valence-corrected chi connectivity index (χ2v) is 3.71. The summed E-state index contributed by atoms with van der Waals surface area (Å²) in [6.07, 6.45) is -0.267. The van der Waals surface area contributed by atoms with E-state index >= 15 is 0 Å². The number of anilines is 2. The summed E-state index contributed by atoms with van der Waals surface area (Å²) in [5.74, 6) is -1.07. The van der Waals surface area contributed by atoms with E-state index in [1.165, 1.54) is 13.8 Å². The van der Waals surface area contributed by atoms with Gasteiger partial charge in [0.05, 0.1) is 5.69 Å². The average Bonchev–Trinajstić information content (AvgIpc) is 2.26. The second-order valence-electron chi connectivity index (χ2n) is 3.71. The number of carbonyl (C=O) groups is 3. The first-order valence-corrected chi connectivity index (χ1v) is 5.30. The number of ketones is 1. The van der Waals surface area contributed by atoms with Crippen LogP contribution < -0.4 is 10.8 Å². The fraction of sp³-hybridized carbons (Fsp3) is 0.250. The third-order valence-corrected chi connectivity index (χ3v) is 1.88. The summed E-state index contributed by atoms with van der Waals surface area (Å²) in [5.41, 5.74) is 3.60. The molecule has 6 heteroatoms. The maximum Gasteiger partial charge on any atom is 0.339 e.